The maximum atomic E-state index is 14.2. The zero-order chi connectivity index (χ0) is 31.0. The van der Waals surface area contributed by atoms with Gasteiger partial charge in [0.1, 0.15) is 28.5 Å². The van der Waals surface area contributed by atoms with Crippen molar-refractivity contribution >= 4 is 23.2 Å². The Morgan fingerprint density at radius 1 is 0.721 bits per heavy atom. The van der Waals surface area contributed by atoms with Gasteiger partial charge in [-0.3, -0.25) is 19.0 Å². The number of phenols is 1. The normalized spacial score (nSPS) is 14.0. The number of aromatic hydroxyl groups is 1. The Labute approximate surface area is 252 Å². The summed E-state index contributed by atoms with van der Waals surface area (Å²) >= 11 is 12.4. The summed E-state index contributed by atoms with van der Waals surface area (Å²) in [5, 5.41) is 9.64. The van der Waals surface area contributed by atoms with E-state index in [2.05, 4.69) is 6.58 Å². The van der Waals surface area contributed by atoms with Crippen molar-refractivity contribution in [1.82, 2.24) is 18.7 Å². The number of ether oxygens (including phenoxy) is 1. The molecular weight excluding hydrogens is 615 g/mol. The Morgan fingerprint density at radius 2 is 1.16 bits per heavy atom. The lowest BCUT2D eigenvalue weighted by Crippen LogP contribution is -2.27. The molecule has 2 aliphatic heterocycles. The van der Waals surface area contributed by atoms with Gasteiger partial charge in [0.25, 0.3) is 11.1 Å². The molecule has 228 valence electrons. The summed E-state index contributed by atoms with van der Waals surface area (Å²) in [6, 6.07) is 3.30. The molecule has 1 N–H and O–H groups in total. The molecule has 0 bridgehead atoms. The van der Waals surface area contributed by atoms with Crippen molar-refractivity contribution in [3.05, 3.63) is 91.2 Å². The fourth-order valence-electron chi connectivity index (χ4n) is 5.21. The van der Waals surface area contributed by atoms with Crippen LogP contribution in [0.1, 0.15) is 25.7 Å². The highest BCUT2D eigenvalue weighted by molar-refractivity contribution is 6.32. The molecule has 2 aromatic carbocycles. The molecule has 43 heavy (non-hydrogen) atoms. The molecular formula is C29H26Cl2F4N4O4. The molecule has 0 saturated carbocycles. The summed E-state index contributed by atoms with van der Waals surface area (Å²) in [7, 11) is 0. The molecule has 0 aliphatic carbocycles. The average molecular weight is 641 g/mol. The van der Waals surface area contributed by atoms with Crippen LogP contribution in [0.4, 0.5) is 17.6 Å². The van der Waals surface area contributed by atoms with Gasteiger partial charge in [-0.05, 0) is 37.8 Å². The Bertz CT molecular complexity index is 1840. The van der Waals surface area contributed by atoms with Crippen LogP contribution in [0.25, 0.3) is 22.3 Å². The zero-order valence-electron chi connectivity index (χ0n) is 22.7. The number of aromatic nitrogens is 4. The molecule has 0 fully saturated rings. The molecule has 0 saturated heterocycles. The van der Waals surface area contributed by atoms with Crippen LogP contribution >= 0.6 is 23.2 Å². The van der Waals surface area contributed by atoms with Crippen molar-refractivity contribution in [2.75, 3.05) is 6.61 Å². The van der Waals surface area contributed by atoms with Crippen LogP contribution < -0.4 is 15.9 Å². The lowest BCUT2D eigenvalue weighted by molar-refractivity contribution is 0.340. The second kappa shape index (κ2) is 12.4. The van der Waals surface area contributed by atoms with Gasteiger partial charge in [-0.2, -0.15) is 0 Å². The largest absolute Gasteiger partial charge is 0.505 e. The first-order valence-electron chi connectivity index (χ1n) is 13.4. The monoisotopic (exact) mass is 640 g/mol. The predicted octanol–water partition coefficient (Wildman–Crippen LogP) is 6.35. The van der Waals surface area contributed by atoms with E-state index in [0.717, 1.165) is 31.7 Å². The standard InChI is InChI=1S/C16H15ClF2N2O2.C13H11ClF2N2O2/c1-2-7-23-13-8-10(11(18)9-12(13)19)14-15(17)20-5-3-4-6-21(20)16(14)22;14-12-11(7-5-10(19)9(16)6-8(7)15)13(20)18-4-2-1-3-17(12)18/h2,8-9H,1,3-7H2;5-6,19H,1-4H2. The third-order valence-corrected chi connectivity index (χ3v) is 8.05. The number of fused-ring (bicyclic) bond motifs is 2. The first-order chi connectivity index (χ1) is 20.5. The third kappa shape index (κ3) is 5.61. The molecule has 14 heteroatoms. The Morgan fingerprint density at radius 3 is 1.63 bits per heavy atom. The molecule has 6 rings (SSSR count). The van der Waals surface area contributed by atoms with Gasteiger partial charge >= 0.3 is 0 Å². The van der Waals surface area contributed by atoms with Gasteiger partial charge in [0.05, 0.1) is 11.1 Å². The van der Waals surface area contributed by atoms with Crippen molar-refractivity contribution in [3.8, 4) is 33.8 Å². The van der Waals surface area contributed by atoms with E-state index in [-0.39, 0.29) is 50.5 Å². The lowest BCUT2D eigenvalue weighted by atomic mass is 10.1. The number of benzene rings is 2. The molecule has 0 unspecified atom stereocenters. The summed E-state index contributed by atoms with van der Waals surface area (Å²) < 4.78 is 66.3. The third-order valence-electron chi connectivity index (χ3n) is 7.28. The molecule has 0 spiro atoms. The van der Waals surface area contributed by atoms with Crippen LogP contribution in [0.3, 0.4) is 0 Å². The molecule has 0 amide bonds. The van der Waals surface area contributed by atoms with Gasteiger partial charge in [-0.1, -0.05) is 35.9 Å². The number of hydrogen-bond acceptors (Lipinski definition) is 4. The number of hydrogen-bond donors (Lipinski definition) is 1. The fourth-order valence-corrected chi connectivity index (χ4v) is 5.93. The molecule has 8 nitrogen and oxygen atoms in total. The maximum Gasteiger partial charge on any atom is 0.276 e. The SMILES string of the molecule is C=CCOc1cc(-c2c(Cl)n3n(c2=O)CCCC3)c(F)cc1F.O=c1c(-c2cc(O)c(F)cc2F)c(Cl)n2n1CCCC2. The maximum absolute atomic E-state index is 14.2. The van der Waals surface area contributed by atoms with Crippen LogP contribution in [0, 0.1) is 23.3 Å². The van der Waals surface area contributed by atoms with Gasteiger partial charge < -0.3 is 9.84 Å². The summed E-state index contributed by atoms with van der Waals surface area (Å²) in [6.07, 6.45) is 4.93. The van der Waals surface area contributed by atoms with Crippen molar-refractivity contribution < 1.29 is 27.4 Å². The van der Waals surface area contributed by atoms with E-state index >= 15 is 0 Å². The van der Waals surface area contributed by atoms with E-state index in [4.69, 9.17) is 27.9 Å². The van der Waals surface area contributed by atoms with Crippen LogP contribution in [-0.2, 0) is 26.2 Å². The van der Waals surface area contributed by atoms with Gasteiger partial charge in [-0.15, -0.1) is 0 Å². The minimum absolute atomic E-state index is 0.0366. The summed E-state index contributed by atoms with van der Waals surface area (Å²) in [5.41, 5.74) is -1.06. The van der Waals surface area contributed by atoms with Crippen molar-refractivity contribution in [2.24, 2.45) is 0 Å². The number of nitrogens with zero attached hydrogens (tertiary/aromatic N) is 4. The fraction of sp³-hybridized carbons (Fsp3) is 0.310. The minimum atomic E-state index is -1.08. The highest BCUT2D eigenvalue weighted by atomic mass is 35.5. The molecule has 0 radical (unpaired) electrons. The Hall–Kier alpha value is -3.90. The second-order valence-electron chi connectivity index (χ2n) is 9.99. The molecule has 2 aromatic heterocycles. The first kappa shape index (κ1) is 30.6. The van der Waals surface area contributed by atoms with Crippen molar-refractivity contribution in [3.63, 3.8) is 0 Å². The number of halogens is 6. The van der Waals surface area contributed by atoms with Crippen molar-refractivity contribution in [2.45, 2.75) is 51.9 Å². The number of phenolic OH excluding ortho intramolecular Hbond substituents is 1. The van der Waals surface area contributed by atoms with Crippen LogP contribution in [0.5, 0.6) is 11.5 Å². The van der Waals surface area contributed by atoms with E-state index in [1.807, 2.05) is 0 Å². The second-order valence-corrected chi connectivity index (χ2v) is 10.7. The van der Waals surface area contributed by atoms with Gasteiger partial charge in [0.2, 0.25) is 0 Å². The topological polar surface area (TPSA) is 83.3 Å². The summed E-state index contributed by atoms with van der Waals surface area (Å²) in [6.45, 7) is 5.75. The predicted molar refractivity (Wildman–Crippen MR) is 154 cm³/mol. The smallest absolute Gasteiger partial charge is 0.276 e. The highest BCUT2D eigenvalue weighted by Crippen LogP contribution is 2.34. The first-order valence-corrected chi connectivity index (χ1v) is 14.2. The van der Waals surface area contributed by atoms with E-state index < -0.39 is 34.6 Å². The van der Waals surface area contributed by atoms with E-state index in [0.29, 0.717) is 38.3 Å². The summed E-state index contributed by atoms with van der Waals surface area (Å²) in [4.78, 5) is 24.8. The van der Waals surface area contributed by atoms with Crippen LogP contribution in [0.2, 0.25) is 10.3 Å². The Balaban J connectivity index is 0.000000173. The van der Waals surface area contributed by atoms with Gasteiger partial charge in [-0.25, -0.2) is 26.9 Å². The highest BCUT2D eigenvalue weighted by Gasteiger charge is 2.26. The quantitative estimate of drug-likeness (QED) is 0.203. The summed E-state index contributed by atoms with van der Waals surface area (Å²) in [5.74, 6) is -4.56. The van der Waals surface area contributed by atoms with Gasteiger partial charge in [0.15, 0.2) is 23.1 Å². The molecule has 4 heterocycles. The van der Waals surface area contributed by atoms with Crippen LogP contribution in [0.15, 0.2) is 46.5 Å². The Kier molecular flexibility index (Phi) is 8.79. The van der Waals surface area contributed by atoms with Crippen LogP contribution in [-0.4, -0.2) is 30.4 Å². The molecule has 2 aliphatic rings. The van der Waals surface area contributed by atoms with E-state index in [1.54, 1.807) is 9.36 Å². The number of rotatable bonds is 5. The van der Waals surface area contributed by atoms with E-state index in [1.165, 1.54) is 21.5 Å². The average Bonchev–Trinajstić information content (AvgIpc) is 3.39. The zero-order valence-corrected chi connectivity index (χ0v) is 24.2. The molecule has 0 atom stereocenters. The van der Waals surface area contributed by atoms with Crippen molar-refractivity contribution in [1.29, 1.82) is 0 Å². The minimum Gasteiger partial charge on any atom is -0.505 e. The van der Waals surface area contributed by atoms with Gasteiger partial charge in [0, 0.05) is 49.4 Å². The lowest BCUT2D eigenvalue weighted by Gasteiger charge is -2.17. The molecule has 4 aromatic rings. The van der Waals surface area contributed by atoms with E-state index in [9.17, 15) is 32.3 Å².